The number of ether oxygens (including phenoxy) is 1. The van der Waals surface area contributed by atoms with E-state index >= 15 is 0 Å². The van der Waals surface area contributed by atoms with Gasteiger partial charge in [-0.2, -0.15) is 0 Å². The molecule has 0 unspecified atom stereocenters. The molecule has 0 N–H and O–H groups in total. The second kappa shape index (κ2) is 7.64. The van der Waals surface area contributed by atoms with Gasteiger partial charge in [0, 0.05) is 28.3 Å². The minimum absolute atomic E-state index is 0.526. The zero-order chi connectivity index (χ0) is 19.6. The van der Waals surface area contributed by atoms with E-state index in [4.69, 9.17) is 9.15 Å². The number of benzene rings is 3. The topological polar surface area (TPSA) is 51.4 Å². The second-order valence-electron chi connectivity index (χ2n) is 6.67. The first-order valence-electron chi connectivity index (χ1n) is 9.42. The van der Waals surface area contributed by atoms with Crippen LogP contribution >= 0.6 is 11.8 Å². The smallest absolute Gasteiger partial charge is 0.247 e. The molecule has 0 saturated carbocycles. The number of fused-ring (bicyclic) bond motifs is 2. The van der Waals surface area contributed by atoms with Crippen LogP contribution in [0, 0.1) is 0 Å². The molecule has 0 spiro atoms. The molecular weight excluding hydrogens is 382 g/mol. The summed E-state index contributed by atoms with van der Waals surface area (Å²) in [4.78, 5) is 4.85. The highest BCUT2D eigenvalue weighted by atomic mass is 32.2. The molecule has 4 aromatic rings. The molecule has 3 aromatic carbocycles. The van der Waals surface area contributed by atoms with Crippen molar-refractivity contribution in [3.05, 3.63) is 78.7 Å². The quantitative estimate of drug-likeness (QED) is 0.434. The molecule has 6 heteroatoms. The number of rotatable bonds is 5. The molecule has 5 nitrogen and oxygen atoms in total. The van der Waals surface area contributed by atoms with E-state index in [9.17, 15) is 0 Å². The fraction of sp³-hybridized carbons (Fsp3) is 0.130. The Morgan fingerprint density at radius 1 is 0.862 bits per heavy atom. The van der Waals surface area contributed by atoms with Gasteiger partial charge in [0.1, 0.15) is 5.75 Å². The summed E-state index contributed by atoms with van der Waals surface area (Å²) in [5, 5.41) is 8.47. The van der Waals surface area contributed by atoms with Gasteiger partial charge in [0.25, 0.3) is 0 Å². The Bertz CT molecular complexity index is 1100. The molecule has 0 fully saturated rings. The SMILES string of the molecule is COc1ccc(-c2nnc(CCN3c4ccccc4Sc4ccccc43)o2)cc1. The predicted octanol–water partition coefficient (Wildman–Crippen LogP) is 5.59. The highest BCUT2D eigenvalue weighted by Gasteiger charge is 2.23. The number of aromatic nitrogens is 2. The van der Waals surface area contributed by atoms with Gasteiger partial charge in [-0.25, -0.2) is 0 Å². The van der Waals surface area contributed by atoms with Crippen molar-refractivity contribution in [3.8, 4) is 17.2 Å². The molecule has 0 radical (unpaired) electrons. The minimum Gasteiger partial charge on any atom is -0.497 e. The van der Waals surface area contributed by atoms with Crippen molar-refractivity contribution in [3.63, 3.8) is 0 Å². The van der Waals surface area contributed by atoms with E-state index in [1.165, 1.54) is 21.2 Å². The first kappa shape index (κ1) is 17.8. The van der Waals surface area contributed by atoms with Crippen LogP contribution in [0.15, 0.2) is 87.0 Å². The van der Waals surface area contributed by atoms with Crippen molar-refractivity contribution >= 4 is 23.1 Å². The van der Waals surface area contributed by atoms with E-state index in [2.05, 4.69) is 63.6 Å². The van der Waals surface area contributed by atoms with Crippen molar-refractivity contribution in [1.82, 2.24) is 10.2 Å². The van der Waals surface area contributed by atoms with Crippen LogP contribution in [0.1, 0.15) is 5.89 Å². The van der Waals surface area contributed by atoms with Crippen LogP contribution in [0.25, 0.3) is 11.5 Å². The standard InChI is InChI=1S/C23H19N3O2S/c1-27-17-12-10-16(11-13-17)23-25-24-22(28-23)14-15-26-18-6-2-4-8-20(18)29-21-9-5-3-7-19(21)26/h2-13H,14-15H2,1H3. The van der Waals surface area contributed by atoms with Crippen LogP contribution in [0.3, 0.4) is 0 Å². The van der Waals surface area contributed by atoms with Crippen molar-refractivity contribution < 1.29 is 9.15 Å². The monoisotopic (exact) mass is 401 g/mol. The fourth-order valence-corrected chi connectivity index (χ4v) is 4.53. The molecule has 5 rings (SSSR count). The minimum atomic E-state index is 0.526. The summed E-state index contributed by atoms with van der Waals surface area (Å²) in [6.07, 6.45) is 0.663. The third kappa shape index (κ3) is 3.47. The lowest BCUT2D eigenvalue weighted by Gasteiger charge is -2.32. The summed E-state index contributed by atoms with van der Waals surface area (Å²) in [6, 6.07) is 24.6. The Kier molecular flexibility index (Phi) is 4.69. The average molecular weight is 401 g/mol. The van der Waals surface area contributed by atoms with Crippen molar-refractivity contribution in [1.29, 1.82) is 0 Å². The number of nitrogens with zero attached hydrogens (tertiary/aromatic N) is 3. The van der Waals surface area contributed by atoms with Gasteiger partial charge in [0.2, 0.25) is 11.8 Å². The summed E-state index contributed by atoms with van der Waals surface area (Å²) in [5.41, 5.74) is 3.31. The molecule has 29 heavy (non-hydrogen) atoms. The summed E-state index contributed by atoms with van der Waals surface area (Å²) in [6.45, 7) is 0.763. The lowest BCUT2D eigenvalue weighted by Crippen LogP contribution is -2.23. The molecule has 1 aliphatic heterocycles. The van der Waals surface area contributed by atoms with Crippen LogP contribution in [-0.2, 0) is 6.42 Å². The highest BCUT2D eigenvalue weighted by molar-refractivity contribution is 7.99. The molecule has 0 aliphatic carbocycles. The molecule has 0 bridgehead atoms. The Morgan fingerprint density at radius 3 is 2.17 bits per heavy atom. The summed E-state index contributed by atoms with van der Waals surface area (Å²) in [7, 11) is 1.65. The van der Waals surface area contributed by atoms with Gasteiger partial charge in [0.15, 0.2) is 0 Å². The number of hydrogen-bond donors (Lipinski definition) is 0. The van der Waals surface area contributed by atoms with Gasteiger partial charge in [-0.15, -0.1) is 10.2 Å². The van der Waals surface area contributed by atoms with Gasteiger partial charge in [0.05, 0.1) is 18.5 Å². The maximum Gasteiger partial charge on any atom is 0.247 e. The summed E-state index contributed by atoms with van der Waals surface area (Å²) < 4.78 is 11.1. The van der Waals surface area contributed by atoms with Gasteiger partial charge < -0.3 is 14.1 Å². The summed E-state index contributed by atoms with van der Waals surface area (Å²) >= 11 is 1.81. The Labute approximate surface area is 173 Å². The van der Waals surface area contributed by atoms with Gasteiger partial charge >= 0.3 is 0 Å². The number of hydrogen-bond acceptors (Lipinski definition) is 6. The Balaban J connectivity index is 1.37. The normalized spacial score (nSPS) is 12.4. The van der Waals surface area contributed by atoms with Crippen molar-refractivity contribution in [2.75, 3.05) is 18.6 Å². The molecule has 1 aliphatic rings. The van der Waals surface area contributed by atoms with Crippen LogP contribution in [0.2, 0.25) is 0 Å². The zero-order valence-corrected chi connectivity index (χ0v) is 16.7. The predicted molar refractivity (Wildman–Crippen MR) is 114 cm³/mol. The molecular formula is C23H19N3O2S. The Morgan fingerprint density at radius 2 is 1.52 bits per heavy atom. The number of para-hydroxylation sites is 2. The van der Waals surface area contributed by atoms with E-state index in [-0.39, 0.29) is 0 Å². The first-order chi connectivity index (χ1) is 14.3. The second-order valence-corrected chi connectivity index (χ2v) is 7.75. The van der Waals surface area contributed by atoms with E-state index in [0.717, 1.165) is 17.9 Å². The van der Waals surface area contributed by atoms with E-state index in [1.54, 1.807) is 7.11 Å². The van der Waals surface area contributed by atoms with Gasteiger partial charge in [-0.05, 0) is 48.5 Å². The van der Waals surface area contributed by atoms with Crippen LogP contribution < -0.4 is 9.64 Å². The largest absolute Gasteiger partial charge is 0.497 e. The molecule has 1 aromatic heterocycles. The van der Waals surface area contributed by atoms with Crippen LogP contribution in [0.4, 0.5) is 11.4 Å². The molecule has 2 heterocycles. The maximum atomic E-state index is 5.92. The van der Waals surface area contributed by atoms with Crippen molar-refractivity contribution in [2.24, 2.45) is 0 Å². The van der Waals surface area contributed by atoms with Crippen molar-refractivity contribution in [2.45, 2.75) is 16.2 Å². The molecule has 0 amide bonds. The third-order valence-corrected chi connectivity index (χ3v) is 6.02. The Hall–Kier alpha value is -3.25. The van der Waals surface area contributed by atoms with Crippen LogP contribution in [0.5, 0.6) is 5.75 Å². The van der Waals surface area contributed by atoms with Gasteiger partial charge in [-0.3, -0.25) is 0 Å². The summed E-state index contributed by atoms with van der Waals surface area (Å²) in [5.74, 6) is 1.95. The molecule has 0 atom stereocenters. The molecule has 144 valence electrons. The number of anilines is 2. The average Bonchev–Trinajstić information content (AvgIpc) is 3.25. The van der Waals surface area contributed by atoms with E-state index in [1.807, 2.05) is 36.0 Å². The lowest BCUT2D eigenvalue weighted by atomic mass is 10.2. The first-order valence-corrected chi connectivity index (χ1v) is 10.2. The van der Waals surface area contributed by atoms with E-state index in [0.29, 0.717) is 18.2 Å². The zero-order valence-electron chi connectivity index (χ0n) is 15.9. The maximum absolute atomic E-state index is 5.92. The number of methoxy groups -OCH3 is 1. The third-order valence-electron chi connectivity index (χ3n) is 4.89. The van der Waals surface area contributed by atoms with Crippen LogP contribution in [-0.4, -0.2) is 23.9 Å². The lowest BCUT2D eigenvalue weighted by molar-refractivity contribution is 0.415. The van der Waals surface area contributed by atoms with E-state index < -0.39 is 0 Å². The fourth-order valence-electron chi connectivity index (χ4n) is 3.43. The highest BCUT2D eigenvalue weighted by Crippen LogP contribution is 2.47. The van der Waals surface area contributed by atoms with Gasteiger partial charge in [-0.1, -0.05) is 36.0 Å². The molecule has 0 saturated heterocycles.